The smallest absolute Gasteiger partial charge is 0.267 e. The Morgan fingerprint density at radius 2 is 1.90 bits per heavy atom. The van der Waals surface area contributed by atoms with Crippen molar-refractivity contribution in [2.45, 2.75) is 31.6 Å². The van der Waals surface area contributed by atoms with E-state index in [1.54, 1.807) is 6.07 Å². The molecule has 21 heavy (non-hydrogen) atoms. The van der Waals surface area contributed by atoms with E-state index in [0.29, 0.717) is 11.3 Å². The monoisotopic (exact) mass is 281 g/mol. The number of aromatic amines is 2. The highest BCUT2D eigenvalue weighted by molar-refractivity contribution is 5.84. The summed E-state index contributed by atoms with van der Waals surface area (Å²) in [6.07, 6.45) is 2.37. The molecule has 1 atom stereocenters. The summed E-state index contributed by atoms with van der Waals surface area (Å²) in [7, 11) is 0. The molecule has 1 aromatic carbocycles. The largest absolute Gasteiger partial charge is 0.272 e. The molecule has 0 bridgehead atoms. The molecule has 6 nitrogen and oxygen atoms in total. The Morgan fingerprint density at radius 3 is 2.67 bits per heavy atom. The topological polar surface area (TPSA) is 87.3 Å². The van der Waals surface area contributed by atoms with Gasteiger partial charge < -0.3 is 0 Å². The maximum atomic E-state index is 11.8. The molecule has 1 aliphatic carbocycles. The molecule has 1 aliphatic rings. The van der Waals surface area contributed by atoms with Crippen LogP contribution in [-0.4, -0.2) is 25.4 Å². The average molecular weight is 281 g/mol. The zero-order valence-electron chi connectivity index (χ0n) is 11.6. The molecule has 6 heteroatoms. The first-order valence-corrected chi connectivity index (χ1v) is 7.13. The maximum absolute atomic E-state index is 11.8. The summed E-state index contributed by atoms with van der Waals surface area (Å²) < 4.78 is 0. The van der Waals surface area contributed by atoms with Gasteiger partial charge in [-0.15, -0.1) is 0 Å². The number of rotatable bonds is 3. The van der Waals surface area contributed by atoms with Crippen molar-refractivity contribution in [1.29, 1.82) is 0 Å². The van der Waals surface area contributed by atoms with Crippen molar-refractivity contribution in [3.05, 3.63) is 52.0 Å². The lowest BCUT2D eigenvalue weighted by atomic mass is 10.0. The minimum absolute atomic E-state index is 0.0736. The van der Waals surface area contributed by atoms with Crippen molar-refractivity contribution in [2.75, 3.05) is 0 Å². The van der Waals surface area contributed by atoms with Gasteiger partial charge in [-0.1, -0.05) is 18.2 Å². The molecule has 0 saturated heterocycles. The van der Waals surface area contributed by atoms with E-state index in [9.17, 15) is 4.79 Å². The van der Waals surface area contributed by atoms with E-state index in [0.717, 1.165) is 22.7 Å². The van der Waals surface area contributed by atoms with Gasteiger partial charge in [-0.25, -0.2) is 10.1 Å². The molecular weight excluding hydrogens is 266 g/mol. The Morgan fingerprint density at radius 1 is 1.14 bits per heavy atom. The molecule has 0 spiro atoms. The number of hydrogen-bond acceptors (Lipinski definition) is 4. The third-order valence-corrected chi connectivity index (χ3v) is 4.01. The van der Waals surface area contributed by atoms with Crippen molar-refractivity contribution in [3.8, 4) is 0 Å². The van der Waals surface area contributed by atoms with Crippen LogP contribution in [0.25, 0.3) is 10.8 Å². The van der Waals surface area contributed by atoms with Crippen molar-refractivity contribution >= 4 is 10.8 Å². The van der Waals surface area contributed by atoms with E-state index in [4.69, 9.17) is 0 Å². The summed E-state index contributed by atoms with van der Waals surface area (Å²) >= 11 is 0. The molecular formula is C15H15N5O. The molecule has 2 aromatic heterocycles. The number of benzene rings is 1. The molecule has 106 valence electrons. The van der Waals surface area contributed by atoms with Crippen molar-refractivity contribution < 1.29 is 0 Å². The van der Waals surface area contributed by atoms with Gasteiger partial charge in [0, 0.05) is 11.3 Å². The molecule has 4 rings (SSSR count). The van der Waals surface area contributed by atoms with Crippen LogP contribution in [0.15, 0.2) is 29.1 Å². The quantitative estimate of drug-likeness (QED) is 0.769. The van der Waals surface area contributed by atoms with E-state index in [2.05, 4.69) is 25.4 Å². The second kappa shape index (κ2) is 4.51. The molecule has 2 N–H and O–H groups in total. The van der Waals surface area contributed by atoms with Crippen LogP contribution >= 0.6 is 0 Å². The molecule has 1 fully saturated rings. The number of nitrogens with one attached hydrogen (secondary N) is 2. The third kappa shape index (κ3) is 2.03. The fourth-order valence-electron chi connectivity index (χ4n) is 2.61. The molecule has 2 heterocycles. The predicted molar refractivity (Wildman–Crippen MR) is 78.2 cm³/mol. The van der Waals surface area contributed by atoms with E-state index in [1.165, 1.54) is 12.8 Å². The predicted octanol–water partition coefficient (Wildman–Crippen LogP) is 2.07. The van der Waals surface area contributed by atoms with Crippen LogP contribution in [0.2, 0.25) is 0 Å². The zero-order chi connectivity index (χ0) is 14.4. The average Bonchev–Trinajstić information content (AvgIpc) is 3.25. The summed E-state index contributed by atoms with van der Waals surface area (Å²) in [5, 5.41) is 15.6. The van der Waals surface area contributed by atoms with Crippen LogP contribution in [0, 0.1) is 0 Å². The molecule has 0 amide bonds. The second-order valence-corrected chi connectivity index (χ2v) is 5.56. The Balaban J connectivity index is 1.81. The van der Waals surface area contributed by atoms with Crippen LogP contribution in [0.3, 0.4) is 0 Å². The Hall–Kier alpha value is -2.50. The summed E-state index contributed by atoms with van der Waals surface area (Å²) in [5.41, 5.74) is 0.627. The molecule has 3 aromatic rings. The van der Waals surface area contributed by atoms with Gasteiger partial charge in [0.15, 0.2) is 5.82 Å². The number of hydrogen-bond donors (Lipinski definition) is 2. The summed E-state index contributed by atoms with van der Waals surface area (Å²) in [5.74, 6) is 2.15. The highest BCUT2D eigenvalue weighted by Gasteiger charge is 2.28. The highest BCUT2D eigenvalue weighted by atomic mass is 16.1. The first-order chi connectivity index (χ1) is 10.2. The van der Waals surface area contributed by atoms with E-state index < -0.39 is 0 Å². The Kier molecular flexibility index (Phi) is 2.63. The zero-order valence-corrected chi connectivity index (χ0v) is 11.6. The lowest BCUT2D eigenvalue weighted by Gasteiger charge is -2.09. The summed E-state index contributed by atoms with van der Waals surface area (Å²) in [6, 6.07) is 7.48. The van der Waals surface area contributed by atoms with Gasteiger partial charge >= 0.3 is 0 Å². The van der Waals surface area contributed by atoms with Crippen molar-refractivity contribution in [1.82, 2.24) is 25.4 Å². The number of aromatic nitrogens is 5. The Bertz CT molecular complexity index is 862. The number of fused-ring (bicyclic) bond motifs is 1. The van der Waals surface area contributed by atoms with Crippen LogP contribution < -0.4 is 5.56 Å². The SMILES string of the molecule is CC(c1n[nH]c(C2CC2)n1)c1n[nH]c(=O)c2ccccc12. The van der Waals surface area contributed by atoms with Crippen molar-refractivity contribution in [3.63, 3.8) is 0 Å². The number of H-pyrrole nitrogens is 2. The van der Waals surface area contributed by atoms with Gasteiger partial charge in [-0.3, -0.25) is 9.89 Å². The van der Waals surface area contributed by atoms with Crippen molar-refractivity contribution in [2.24, 2.45) is 0 Å². The molecule has 0 radical (unpaired) electrons. The molecule has 1 unspecified atom stereocenters. The number of nitrogens with zero attached hydrogens (tertiary/aromatic N) is 3. The summed E-state index contributed by atoms with van der Waals surface area (Å²) in [6.45, 7) is 2.01. The van der Waals surface area contributed by atoms with Crippen LogP contribution in [0.4, 0.5) is 0 Å². The van der Waals surface area contributed by atoms with Crippen LogP contribution in [0.1, 0.15) is 48.9 Å². The maximum Gasteiger partial charge on any atom is 0.272 e. The lowest BCUT2D eigenvalue weighted by Crippen LogP contribution is -2.13. The van der Waals surface area contributed by atoms with Gasteiger partial charge in [0.05, 0.1) is 17.0 Å². The van der Waals surface area contributed by atoms with Gasteiger partial charge in [0.1, 0.15) is 5.82 Å². The van der Waals surface area contributed by atoms with E-state index in [1.807, 2.05) is 25.1 Å². The Labute approximate surface area is 120 Å². The van der Waals surface area contributed by atoms with Gasteiger partial charge in [0.25, 0.3) is 5.56 Å². The van der Waals surface area contributed by atoms with Crippen LogP contribution in [-0.2, 0) is 0 Å². The fraction of sp³-hybridized carbons (Fsp3) is 0.333. The first-order valence-electron chi connectivity index (χ1n) is 7.13. The molecule has 1 saturated carbocycles. The standard InChI is InChI=1S/C15H15N5O/c1-8(13-16-14(19-18-13)9-6-7-9)12-10-4-2-3-5-11(10)15(21)20-17-12/h2-5,8-9H,6-7H2,1H3,(H,20,21)(H,16,18,19). The first kappa shape index (κ1) is 12.3. The minimum Gasteiger partial charge on any atom is -0.267 e. The highest BCUT2D eigenvalue weighted by Crippen LogP contribution is 2.38. The van der Waals surface area contributed by atoms with Gasteiger partial charge in [-0.05, 0) is 25.8 Å². The lowest BCUT2D eigenvalue weighted by molar-refractivity contribution is 0.772. The normalized spacial score (nSPS) is 16.2. The molecule has 0 aliphatic heterocycles. The van der Waals surface area contributed by atoms with E-state index >= 15 is 0 Å². The summed E-state index contributed by atoms with van der Waals surface area (Å²) in [4.78, 5) is 16.4. The van der Waals surface area contributed by atoms with Crippen LogP contribution in [0.5, 0.6) is 0 Å². The van der Waals surface area contributed by atoms with E-state index in [-0.39, 0.29) is 11.5 Å². The fourth-order valence-corrected chi connectivity index (χ4v) is 2.61. The van der Waals surface area contributed by atoms with Gasteiger partial charge in [0.2, 0.25) is 0 Å². The minimum atomic E-state index is -0.171. The van der Waals surface area contributed by atoms with Gasteiger partial charge in [-0.2, -0.15) is 10.2 Å². The third-order valence-electron chi connectivity index (χ3n) is 4.01. The second-order valence-electron chi connectivity index (χ2n) is 5.56.